The number of rotatable bonds is 4. The largest absolute Gasteiger partial charge is 0.330 e. The monoisotopic (exact) mass is 205 g/mol. The molecule has 0 aliphatic heterocycles. The van der Waals surface area contributed by atoms with Crippen LogP contribution in [0.5, 0.6) is 0 Å². The smallest absolute Gasteiger partial charge is 0.130 e. The van der Waals surface area contributed by atoms with Crippen LogP contribution in [-0.4, -0.2) is 16.5 Å². The number of nitrogens with zero attached hydrogens (tertiary/aromatic N) is 2. The highest BCUT2D eigenvalue weighted by molar-refractivity contribution is 5.21. The lowest BCUT2D eigenvalue weighted by Gasteiger charge is -2.09. The topological polar surface area (TPSA) is 51.8 Å². The molecule has 2 N–H and O–H groups in total. The second-order valence-electron chi connectivity index (χ2n) is 4.60. The molecule has 1 saturated carbocycles. The van der Waals surface area contributed by atoms with Gasteiger partial charge in [0, 0.05) is 23.7 Å². The summed E-state index contributed by atoms with van der Waals surface area (Å²) in [6.45, 7) is 4.97. The molecule has 0 radical (unpaired) electrons. The first-order chi connectivity index (χ1) is 7.20. The van der Waals surface area contributed by atoms with Gasteiger partial charge in [0.25, 0.3) is 0 Å². The molecule has 0 amide bonds. The fourth-order valence-corrected chi connectivity index (χ4v) is 1.66. The molecule has 0 bridgehead atoms. The minimum atomic E-state index is 0.474. The molecule has 0 saturated heterocycles. The van der Waals surface area contributed by atoms with Crippen LogP contribution in [0, 0.1) is 0 Å². The van der Waals surface area contributed by atoms with Gasteiger partial charge in [-0.3, -0.25) is 0 Å². The van der Waals surface area contributed by atoms with Crippen LogP contribution in [0.25, 0.3) is 0 Å². The zero-order chi connectivity index (χ0) is 10.8. The van der Waals surface area contributed by atoms with E-state index in [9.17, 15) is 0 Å². The summed E-state index contributed by atoms with van der Waals surface area (Å²) < 4.78 is 0. The summed E-state index contributed by atoms with van der Waals surface area (Å²) in [7, 11) is 0. The van der Waals surface area contributed by atoms with Crippen molar-refractivity contribution in [3.05, 3.63) is 23.3 Å². The number of nitrogens with two attached hydrogens (primary N) is 1. The van der Waals surface area contributed by atoms with Crippen molar-refractivity contribution in [2.24, 2.45) is 5.73 Å². The molecule has 1 aliphatic carbocycles. The maximum Gasteiger partial charge on any atom is 0.130 e. The van der Waals surface area contributed by atoms with Crippen LogP contribution in [0.1, 0.15) is 55.7 Å². The van der Waals surface area contributed by atoms with Crippen LogP contribution in [0.15, 0.2) is 6.07 Å². The van der Waals surface area contributed by atoms with E-state index >= 15 is 0 Å². The third kappa shape index (κ3) is 2.53. The van der Waals surface area contributed by atoms with E-state index in [2.05, 4.69) is 29.9 Å². The Kier molecular flexibility index (Phi) is 3.00. The Morgan fingerprint density at radius 1 is 1.40 bits per heavy atom. The molecule has 0 atom stereocenters. The lowest BCUT2D eigenvalue weighted by atomic mass is 10.1. The minimum Gasteiger partial charge on any atom is -0.330 e. The van der Waals surface area contributed by atoms with E-state index in [-0.39, 0.29) is 0 Å². The molecule has 0 spiro atoms. The maximum atomic E-state index is 5.55. The highest BCUT2D eigenvalue weighted by Crippen LogP contribution is 2.39. The fourth-order valence-electron chi connectivity index (χ4n) is 1.66. The second-order valence-corrected chi connectivity index (χ2v) is 4.60. The number of hydrogen-bond donors (Lipinski definition) is 1. The van der Waals surface area contributed by atoms with E-state index in [1.807, 2.05) is 0 Å². The van der Waals surface area contributed by atoms with Crippen molar-refractivity contribution in [2.45, 2.75) is 44.9 Å². The molecular formula is C12H19N3. The summed E-state index contributed by atoms with van der Waals surface area (Å²) in [5.74, 6) is 2.09. The average molecular weight is 205 g/mol. The molecule has 15 heavy (non-hydrogen) atoms. The zero-order valence-corrected chi connectivity index (χ0v) is 9.53. The standard InChI is InChI=1S/C12H19N3/c1-8(2)10-7-11(9-3-4-9)15-12(14-10)5-6-13/h7-9H,3-6,13H2,1-2H3. The van der Waals surface area contributed by atoms with E-state index in [4.69, 9.17) is 5.73 Å². The van der Waals surface area contributed by atoms with Gasteiger partial charge >= 0.3 is 0 Å². The first-order valence-electron chi connectivity index (χ1n) is 5.78. The van der Waals surface area contributed by atoms with Crippen LogP contribution >= 0.6 is 0 Å². The number of hydrogen-bond acceptors (Lipinski definition) is 3. The molecule has 3 heteroatoms. The quantitative estimate of drug-likeness (QED) is 0.817. The van der Waals surface area contributed by atoms with Gasteiger partial charge in [0.1, 0.15) is 5.82 Å². The molecule has 2 rings (SSSR count). The Balaban J connectivity index is 2.30. The molecule has 1 aliphatic rings. The SMILES string of the molecule is CC(C)c1cc(C2CC2)nc(CCN)n1. The molecule has 1 aromatic heterocycles. The van der Waals surface area contributed by atoms with Gasteiger partial charge in [-0.25, -0.2) is 9.97 Å². The van der Waals surface area contributed by atoms with Gasteiger partial charge in [0.2, 0.25) is 0 Å². The lowest BCUT2D eigenvalue weighted by Crippen LogP contribution is -2.10. The van der Waals surface area contributed by atoms with E-state index in [0.29, 0.717) is 18.4 Å². The highest BCUT2D eigenvalue weighted by Gasteiger charge is 2.26. The van der Waals surface area contributed by atoms with Gasteiger partial charge in [-0.2, -0.15) is 0 Å². The molecule has 3 nitrogen and oxygen atoms in total. The van der Waals surface area contributed by atoms with Gasteiger partial charge in [0.15, 0.2) is 0 Å². The molecule has 1 fully saturated rings. The molecular weight excluding hydrogens is 186 g/mol. The Labute approximate surface area is 91.1 Å². The third-order valence-corrected chi connectivity index (χ3v) is 2.77. The normalized spacial score (nSPS) is 16.0. The van der Waals surface area contributed by atoms with Crippen LogP contribution in [0.3, 0.4) is 0 Å². The van der Waals surface area contributed by atoms with Crippen LogP contribution in [-0.2, 0) is 6.42 Å². The first-order valence-corrected chi connectivity index (χ1v) is 5.78. The fraction of sp³-hybridized carbons (Fsp3) is 0.667. The van der Waals surface area contributed by atoms with Gasteiger partial charge in [-0.15, -0.1) is 0 Å². The van der Waals surface area contributed by atoms with E-state index < -0.39 is 0 Å². The molecule has 1 heterocycles. The van der Waals surface area contributed by atoms with Gasteiger partial charge < -0.3 is 5.73 Å². The van der Waals surface area contributed by atoms with Crippen molar-refractivity contribution in [1.82, 2.24) is 9.97 Å². The van der Waals surface area contributed by atoms with Crippen LogP contribution < -0.4 is 5.73 Å². The van der Waals surface area contributed by atoms with Crippen molar-refractivity contribution in [3.8, 4) is 0 Å². The molecule has 0 unspecified atom stereocenters. The first kappa shape index (κ1) is 10.6. The molecule has 82 valence electrons. The maximum absolute atomic E-state index is 5.55. The van der Waals surface area contributed by atoms with Crippen LogP contribution in [0.4, 0.5) is 0 Å². The highest BCUT2D eigenvalue weighted by atomic mass is 14.9. The summed E-state index contributed by atoms with van der Waals surface area (Å²) in [4.78, 5) is 9.12. The molecule has 1 aromatic rings. The van der Waals surface area contributed by atoms with Crippen molar-refractivity contribution in [2.75, 3.05) is 6.54 Å². The van der Waals surface area contributed by atoms with Crippen molar-refractivity contribution in [1.29, 1.82) is 0 Å². The summed E-state index contributed by atoms with van der Waals surface area (Å²) in [6.07, 6.45) is 3.37. The summed E-state index contributed by atoms with van der Waals surface area (Å²) in [5, 5.41) is 0. The molecule has 0 aromatic carbocycles. The van der Waals surface area contributed by atoms with E-state index in [0.717, 1.165) is 17.9 Å². The Hall–Kier alpha value is -0.960. The van der Waals surface area contributed by atoms with E-state index in [1.54, 1.807) is 0 Å². The van der Waals surface area contributed by atoms with Crippen molar-refractivity contribution >= 4 is 0 Å². The Morgan fingerprint density at radius 2 is 2.13 bits per heavy atom. The third-order valence-electron chi connectivity index (χ3n) is 2.77. The minimum absolute atomic E-state index is 0.474. The average Bonchev–Trinajstić information content (AvgIpc) is 3.01. The Morgan fingerprint density at radius 3 is 2.67 bits per heavy atom. The Bertz CT molecular complexity index is 322. The zero-order valence-electron chi connectivity index (χ0n) is 9.53. The van der Waals surface area contributed by atoms with Gasteiger partial charge in [0.05, 0.1) is 0 Å². The van der Waals surface area contributed by atoms with Crippen LogP contribution in [0.2, 0.25) is 0 Å². The van der Waals surface area contributed by atoms with Crippen molar-refractivity contribution in [3.63, 3.8) is 0 Å². The number of aromatic nitrogens is 2. The summed E-state index contributed by atoms with van der Waals surface area (Å²) in [5.41, 5.74) is 7.94. The second kappa shape index (κ2) is 4.27. The van der Waals surface area contributed by atoms with E-state index in [1.165, 1.54) is 18.5 Å². The lowest BCUT2D eigenvalue weighted by molar-refractivity contribution is 0.756. The summed E-state index contributed by atoms with van der Waals surface area (Å²) >= 11 is 0. The van der Waals surface area contributed by atoms with Gasteiger partial charge in [-0.05, 0) is 31.4 Å². The van der Waals surface area contributed by atoms with Crippen molar-refractivity contribution < 1.29 is 0 Å². The summed E-state index contributed by atoms with van der Waals surface area (Å²) in [6, 6.07) is 2.17. The predicted molar refractivity (Wildman–Crippen MR) is 60.9 cm³/mol. The predicted octanol–water partition coefficient (Wildman–Crippen LogP) is 1.98. The van der Waals surface area contributed by atoms with Gasteiger partial charge in [-0.1, -0.05) is 13.8 Å².